The number of aliphatic carboxylic acids is 1. The summed E-state index contributed by atoms with van der Waals surface area (Å²) in [7, 11) is 5.99. The third-order valence-electron chi connectivity index (χ3n) is 16.6. The Kier molecular flexibility index (Phi) is 65.0. The number of quaternary nitrogens is 1. The summed E-state index contributed by atoms with van der Waals surface area (Å²) in [5.41, 5.74) is 0. The number of hydrogen-bond acceptors (Lipinski definition) is 7. The van der Waals surface area contributed by atoms with Crippen molar-refractivity contribution in [1.29, 1.82) is 0 Å². The SMILES string of the molecule is CC/C=C\C/C=C\C/C=C\C/C=C\CCCCCCCCCCCCCCCCCCCCCCC(=O)OC(COC(=O)CCCCCCCCCCCCCCCCCCCCCCCCCCCCC)COC(OCC[N+](C)(C)C)C(=O)O. The van der Waals surface area contributed by atoms with Gasteiger partial charge >= 0.3 is 17.9 Å². The van der Waals surface area contributed by atoms with E-state index in [2.05, 4.69) is 62.5 Å². The zero-order chi connectivity index (χ0) is 61.9. The first-order valence-electron chi connectivity index (χ1n) is 36.8. The average molecular weight is 1200 g/mol. The Balaban J connectivity index is 4.03. The van der Waals surface area contributed by atoms with Crippen LogP contribution in [0.4, 0.5) is 0 Å². The van der Waals surface area contributed by atoms with E-state index in [4.69, 9.17) is 18.9 Å². The molecule has 0 radical (unpaired) electrons. The van der Waals surface area contributed by atoms with Crippen LogP contribution in [0.1, 0.15) is 361 Å². The van der Waals surface area contributed by atoms with Gasteiger partial charge in [-0.3, -0.25) is 9.59 Å². The summed E-state index contributed by atoms with van der Waals surface area (Å²) in [5.74, 6) is -1.97. The van der Waals surface area contributed by atoms with E-state index < -0.39 is 18.4 Å². The maximum absolute atomic E-state index is 13.0. The van der Waals surface area contributed by atoms with Gasteiger partial charge in [-0.25, -0.2) is 4.79 Å². The lowest BCUT2D eigenvalue weighted by Gasteiger charge is -2.25. The van der Waals surface area contributed by atoms with Crippen molar-refractivity contribution in [1.82, 2.24) is 0 Å². The summed E-state index contributed by atoms with van der Waals surface area (Å²) < 4.78 is 23.0. The first-order chi connectivity index (χ1) is 41.6. The number of carboxylic acids is 1. The smallest absolute Gasteiger partial charge is 0.361 e. The van der Waals surface area contributed by atoms with Gasteiger partial charge in [-0.05, 0) is 51.4 Å². The summed E-state index contributed by atoms with van der Waals surface area (Å²) in [6, 6.07) is 0. The summed E-state index contributed by atoms with van der Waals surface area (Å²) in [6.07, 6.45) is 83.9. The van der Waals surface area contributed by atoms with Crippen LogP contribution in [0.5, 0.6) is 0 Å². The predicted octanol–water partition coefficient (Wildman–Crippen LogP) is 22.9. The molecule has 498 valence electrons. The van der Waals surface area contributed by atoms with Gasteiger partial charge in [0.1, 0.15) is 13.2 Å². The molecule has 0 bridgehead atoms. The molecule has 0 aliphatic heterocycles. The molecule has 0 spiro atoms. The number of carbonyl (C=O) groups excluding carboxylic acids is 2. The second-order valence-corrected chi connectivity index (χ2v) is 26.2. The minimum atomic E-state index is -1.51. The number of hydrogen-bond donors (Lipinski definition) is 1. The number of carbonyl (C=O) groups is 3. The Morgan fingerprint density at radius 1 is 0.365 bits per heavy atom. The zero-order valence-corrected chi connectivity index (χ0v) is 57.0. The fourth-order valence-electron chi connectivity index (χ4n) is 11.0. The summed E-state index contributed by atoms with van der Waals surface area (Å²) >= 11 is 0. The van der Waals surface area contributed by atoms with Crippen LogP contribution >= 0.6 is 0 Å². The molecule has 0 heterocycles. The van der Waals surface area contributed by atoms with Gasteiger partial charge in [0.05, 0.1) is 34.4 Å². The largest absolute Gasteiger partial charge is 0.477 e. The first kappa shape index (κ1) is 82.2. The molecule has 9 nitrogen and oxygen atoms in total. The van der Waals surface area contributed by atoms with Crippen molar-refractivity contribution >= 4 is 17.9 Å². The van der Waals surface area contributed by atoms with Crippen LogP contribution in [0.3, 0.4) is 0 Å². The van der Waals surface area contributed by atoms with Gasteiger partial charge in [-0.1, -0.05) is 345 Å². The fourth-order valence-corrected chi connectivity index (χ4v) is 11.0. The average Bonchev–Trinajstić information content (AvgIpc) is 3.49. The molecule has 0 amide bonds. The van der Waals surface area contributed by atoms with E-state index in [-0.39, 0.29) is 38.2 Å². The number of ether oxygens (including phenoxy) is 4. The molecule has 9 heteroatoms. The van der Waals surface area contributed by atoms with E-state index >= 15 is 0 Å². The van der Waals surface area contributed by atoms with Crippen LogP contribution in [0, 0.1) is 0 Å². The molecule has 2 atom stereocenters. The van der Waals surface area contributed by atoms with Gasteiger partial charge in [-0.15, -0.1) is 0 Å². The van der Waals surface area contributed by atoms with E-state index in [0.29, 0.717) is 17.4 Å². The Morgan fingerprint density at radius 3 is 1.00 bits per heavy atom. The molecule has 0 aromatic carbocycles. The Morgan fingerprint density at radius 2 is 0.671 bits per heavy atom. The molecule has 0 aromatic heterocycles. The van der Waals surface area contributed by atoms with E-state index in [1.165, 1.54) is 270 Å². The van der Waals surface area contributed by atoms with E-state index in [1.54, 1.807) is 0 Å². The van der Waals surface area contributed by atoms with Crippen molar-refractivity contribution in [3.63, 3.8) is 0 Å². The van der Waals surface area contributed by atoms with Crippen molar-refractivity contribution in [2.75, 3.05) is 47.5 Å². The molecular weight excluding hydrogens is 1050 g/mol. The van der Waals surface area contributed by atoms with E-state index in [9.17, 15) is 19.5 Å². The van der Waals surface area contributed by atoms with Crippen molar-refractivity contribution in [3.8, 4) is 0 Å². The number of allylic oxidation sites excluding steroid dienone is 8. The lowest BCUT2D eigenvalue weighted by Crippen LogP contribution is -2.40. The molecule has 0 saturated carbocycles. The lowest BCUT2D eigenvalue weighted by atomic mass is 10.0. The second kappa shape index (κ2) is 67.2. The molecule has 1 N–H and O–H groups in total. The second-order valence-electron chi connectivity index (χ2n) is 26.2. The molecule has 0 aliphatic carbocycles. The maximum atomic E-state index is 13.0. The van der Waals surface area contributed by atoms with Crippen molar-refractivity contribution < 1.29 is 42.9 Å². The molecule has 0 aliphatic rings. The number of rotatable bonds is 69. The van der Waals surface area contributed by atoms with Crippen LogP contribution < -0.4 is 0 Å². The Hall–Kier alpha value is -2.75. The van der Waals surface area contributed by atoms with Crippen LogP contribution in [0.2, 0.25) is 0 Å². The van der Waals surface area contributed by atoms with Gasteiger partial charge in [0, 0.05) is 12.8 Å². The van der Waals surface area contributed by atoms with Gasteiger partial charge in [0.25, 0.3) is 6.29 Å². The zero-order valence-electron chi connectivity index (χ0n) is 57.0. The summed E-state index contributed by atoms with van der Waals surface area (Å²) in [6.45, 7) is 4.84. The standard InChI is InChI=1S/C76H141NO8/c1-6-8-10-12-14-16-18-20-22-24-26-28-30-32-34-35-36-37-38-39-41-43-45-47-49-51-53-55-57-59-61-63-65-67-74(79)85-72(71-84-76(75(80)81)82-69-68-77(3,4)5)70-83-73(78)66-64-62-60-58-56-54-52-50-48-46-44-42-40-33-31-29-27-25-23-21-19-17-15-13-11-9-7-2/h8,10,14,16,20,22,26,28,72,76H,6-7,9,11-13,15,17-19,21,23-25,27,29-71H2,1-5H3/p+1/b10-8-,16-14-,22-20-,28-26-. The van der Waals surface area contributed by atoms with Crippen LogP contribution in [-0.4, -0.2) is 87.4 Å². The number of carboxylic acid groups (broad SMARTS) is 1. The molecule has 0 saturated heterocycles. The minimum Gasteiger partial charge on any atom is -0.477 e. The van der Waals surface area contributed by atoms with Gasteiger partial charge in [0.15, 0.2) is 6.10 Å². The predicted molar refractivity (Wildman–Crippen MR) is 364 cm³/mol. The Bertz CT molecular complexity index is 1530. The number of unbranched alkanes of at least 4 members (excludes halogenated alkanes) is 46. The van der Waals surface area contributed by atoms with Crippen LogP contribution in [0.25, 0.3) is 0 Å². The number of likely N-dealkylation sites (N-methyl/N-ethyl adjacent to an activating group) is 1. The van der Waals surface area contributed by atoms with Gasteiger partial charge < -0.3 is 28.5 Å². The molecular formula is C76H142NO8+. The highest BCUT2D eigenvalue weighted by atomic mass is 16.7. The Labute approximate surface area is 527 Å². The van der Waals surface area contributed by atoms with Crippen LogP contribution in [0.15, 0.2) is 48.6 Å². The molecule has 0 aromatic rings. The normalized spacial score (nSPS) is 12.9. The maximum Gasteiger partial charge on any atom is 0.361 e. The monoisotopic (exact) mass is 1200 g/mol. The third-order valence-corrected chi connectivity index (χ3v) is 16.6. The van der Waals surface area contributed by atoms with Crippen LogP contribution in [-0.2, 0) is 33.3 Å². The van der Waals surface area contributed by atoms with E-state index in [0.717, 1.165) is 64.2 Å². The molecule has 85 heavy (non-hydrogen) atoms. The minimum absolute atomic E-state index is 0.176. The first-order valence-corrected chi connectivity index (χ1v) is 36.8. The molecule has 0 fully saturated rings. The number of esters is 2. The van der Waals surface area contributed by atoms with Gasteiger partial charge in [0.2, 0.25) is 0 Å². The highest BCUT2D eigenvalue weighted by Gasteiger charge is 2.25. The highest BCUT2D eigenvalue weighted by Crippen LogP contribution is 2.19. The number of nitrogens with zero attached hydrogens (tertiary/aromatic N) is 1. The van der Waals surface area contributed by atoms with Gasteiger partial charge in [-0.2, -0.15) is 0 Å². The quantitative estimate of drug-likeness (QED) is 0.0211. The van der Waals surface area contributed by atoms with E-state index in [1.807, 2.05) is 21.1 Å². The van der Waals surface area contributed by atoms with Crippen molar-refractivity contribution in [2.24, 2.45) is 0 Å². The highest BCUT2D eigenvalue weighted by molar-refractivity contribution is 5.71. The fraction of sp³-hybridized carbons (Fsp3) is 0.855. The molecule has 2 unspecified atom stereocenters. The van der Waals surface area contributed by atoms with Crippen molar-refractivity contribution in [2.45, 2.75) is 373 Å². The summed E-state index contributed by atoms with van der Waals surface area (Å²) in [5, 5.41) is 9.76. The third kappa shape index (κ3) is 68.6. The summed E-state index contributed by atoms with van der Waals surface area (Å²) in [4.78, 5) is 37.7. The lowest BCUT2D eigenvalue weighted by molar-refractivity contribution is -0.870. The molecule has 0 rings (SSSR count). The topological polar surface area (TPSA) is 108 Å². The van der Waals surface area contributed by atoms with Crippen molar-refractivity contribution in [3.05, 3.63) is 48.6 Å².